The molecular formula is C10H7N3O4. The molecule has 0 radical (unpaired) electrons. The zero-order valence-corrected chi connectivity index (χ0v) is 8.53. The molecule has 1 heterocycles. The summed E-state index contributed by atoms with van der Waals surface area (Å²) in [6.45, 7) is -0.430. The van der Waals surface area contributed by atoms with Gasteiger partial charge in [0.1, 0.15) is 5.69 Å². The van der Waals surface area contributed by atoms with E-state index in [1.165, 1.54) is 24.4 Å². The fourth-order valence-corrected chi connectivity index (χ4v) is 1.39. The number of fused-ring (bicyclic) bond motifs is 1. The molecule has 0 aliphatic rings. The van der Waals surface area contributed by atoms with Gasteiger partial charge in [-0.2, -0.15) is 0 Å². The van der Waals surface area contributed by atoms with Gasteiger partial charge in [0.15, 0.2) is 0 Å². The number of aromatic carboxylic acids is 1. The van der Waals surface area contributed by atoms with Gasteiger partial charge in [0.05, 0.1) is 22.8 Å². The summed E-state index contributed by atoms with van der Waals surface area (Å²) in [5.74, 6) is -1.08. The third kappa shape index (κ3) is 2.33. The van der Waals surface area contributed by atoms with E-state index in [4.69, 9.17) is 5.11 Å². The molecule has 0 saturated carbocycles. The van der Waals surface area contributed by atoms with E-state index in [0.717, 1.165) is 0 Å². The van der Waals surface area contributed by atoms with Gasteiger partial charge < -0.3 is 5.11 Å². The highest BCUT2D eigenvalue weighted by molar-refractivity contribution is 5.92. The quantitative estimate of drug-likeness (QED) is 0.628. The van der Waals surface area contributed by atoms with Crippen LogP contribution < -0.4 is 0 Å². The van der Waals surface area contributed by atoms with Crippen LogP contribution in [0.1, 0.15) is 16.1 Å². The highest BCUT2D eigenvalue weighted by Gasteiger charge is 2.08. The van der Waals surface area contributed by atoms with Gasteiger partial charge in [-0.25, -0.2) is 9.78 Å². The summed E-state index contributed by atoms with van der Waals surface area (Å²) in [7, 11) is 0. The summed E-state index contributed by atoms with van der Waals surface area (Å²) in [5.41, 5.74) is 1.11. The molecule has 2 rings (SSSR count). The maximum absolute atomic E-state index is 10.8. The molecule has 0 aliphatic heterocycles. The van der Waals surface area contributed by atoms with E-state index in [0.29, 0.717) is 11.0 Å². The first kappa shape index (κ1) is 10.9. The lowest BCUT2D eigenvalue weighted by Gasteiger charge is -2.00. The first-order valence-corrected chi connectivity index (χ1v) is 4.67. The Bertz CT molecular complexity index is 612. The normalized spacial score (nSPS) is 10.4. The molecule has 0 saturated heterocycles. The van der Waals surface area contributed by atoms with Crippen LogP contribution in [-0.2, 0) is 6.54 Å². The van der Waals surface area contributed by atoms with Gasteiger partial charge in [0, 0.05) is 4.92 Å². The van der Waals surface area contributed by atoms with E-state index in [2.05, 4.69) is 9.97 Å². The molecule has 0 aliphatic carbocycles. The van der Waals surface area contributed by atoms with Crippen LogP contribution in [0.3, 0.4) is 0 Å². The molecule has 0 spiro atoms. The van der Waals surface area contributed by atoms with Crippen molar-refractivity contribution in [3.05, 3.63) is 45.8 Å². The summed E-state index contributed by atoms with van der Waals surface area (Å²) in [6, 6.07) is 4.27. The fourth-order valence-electron chi connectivity index (χ4n) is 1.39. The van der Waals surface area contributed by atoms with Gasteiger partial charge in [-0.3, -0.25) is 15.1 Å². The smallest absolute Gasteiger partial charge is 0.335 e. The molecule has 0 unspecified atom stereocenters. The molecule has 0 fully saturated rings. The van der Waals surface area contributed by atoms with Crippen molar-refractivity contribution in [3.63, 3.8) is 0 Å². The van der Waals surface area contributed by atoms with Crippen molar-refractivity contribution in [1.29, 1.82) is 0 Å². The zero-order chi connectivity index (χ0) is 12.4. The van der Waals surface area contributed by atoms with E-state index in [9.17, 15) is 14.9 Å². The van der Waals surface area contributed by atoms with Gasteiger partial charge >= 0.3 is 5.97 Å². The number of carboxylic acids is 1. The molecule has 17 heavy (non-hydrogen) atoms. The minimum absolute atomic E-state index is 0.0741. The Labute approximate surface area is 94.9 Å². The molecule has 0 amide bonds. The van der Waals surface area contributed by atoms with E-state index in [-0.39, 0.29) is 11.3 Å². The molecule has 86 valence electrons. The van der Waals surface area contributed by atoms with Gasteiger partial charge in [0.2, 0.25) is 6.54 Å². The second-order valence-corrected chi connectivity index (χ2v) is 3.36. The number of carboxylic acid groups (broad SMARTS) is 1. The highest BCUT2D eigenvalue weighted by Crippen LogP contribution is 2.12. The van der Waals surface area contributed by atoms with Gasteiger partial charge in [-0.1, -0.05) is 0 Å². The molecular weight excluding hydrogens is 226 g/mol. The third-order valence-corrected chi connectivity index (χ3v) is 2.13. The van der Waals surface area contributed by atoms with Crippen molar-refractivity contribution < 1.29 is 14.8 Å². The average molecular weight is 233 g/mol. The van der Waals surface area contributed by atoms with Crippen LogP contribution in [0.15, 0.2) is 24.4 Å². The summed E-state index contributed by atoms with van der Waals surface area (Å²) < 4.78 is 0. The van der Waals surface area contributed by atoms with E-state index >= 15 is 0 Å². The van der Waals surface area contributed by atoms with Crippen LogP contribution in [-0.4, -0.2) is 26.0 Å². The lowest BCUT2D eigenvalue weighted by Crippen LogP contribution is -2.02. The standard InChI is InChI=1S/C10H7N3O4/c14-10(15)6-1-2-8-9(3-6)12-7(4-11-8)5-13(16)17/h1-4H,5H2,(H,14,15). The second kappa shape index (κ2) is 4.12. The zero-order valence-electron chi connectivity index (χ0n) is 8.53. The predicted molar refractivity (Wildman–Crippen MR) is 57.2 cm³/mol. The van der Waals surface area contributed by atoms with Crippen molar-refractivity contribution in [1.82, 2.24) is 9.97 Å². The number of rotatable bonds is 3. The van der Waals surface area contributed by atoms with Gasteiger partial charge in [0.25, 0.3) is 0 Å². The maximum Gasteiger partial charge on any atom is 0.335 e. The summed E-state index contributed by atoms with van der Waals surface area (Å²) in [4.78, 5) is 28.5. The van der Waals surface area contributed by atoms with Crippen LogP contribution in [0.2, 0.25) is 0 Å². The molecule has 0 bridgehead atoms. The Morgan fingerprint density at radius 2 is 2.18 bits per heavy atom. The number of nitrogens with zero attached hydrogens (tertiary/aromatic N) is 3. The van der Waals surface area contributed by atoms with Crippen LogP contribution in [0.25, 0.3) is 11.0 Å². The van der Waals surface area contributed by atoms with Crippen LogP contribution in [0, 0.1) is 10.1 Å². The number of carbonyl (C=O) groups is 1. The maximum atomic E-state index is 10.8. The molecule has 7 nitrogen and oxygen atoms in total. The molecule has 1 aromatic heterocycles. The van der Waals surface area contributed by atoms with Crippen molar-refractivity contribution in [2.24, 2.45) is 0 Å². The Morgan fingerprint density at radius 3 is 2.82 bits per heavy atom. The van der Waals surface area contributed by atoms with E-state index in [1.807, 2.05) is 0 Å². The first-order chi connectivity index (χ1) is 8.06. The number of aromatic nitrogens is 2. The highest BCUT2D eigenvalue weighted by atomic mass is 16.6. The summed E-state index contributed by atoms with van der Waals surface area (Å²) in [5, 5.41) is 19.1. The Kier molecular flexibility index (Phi) is 2.65. The Hall–Kier alpha value is -2.57. The van der Waals surface area contributed by atoms with Crippen molar-refractivity contribution >= 4 is 17.0 Å². The Balaban J connectivity index is 2.50. The minimum atomic E-state index is -1.08. The number of hydrogen-bond donors (Lipinski definition) is 1. The molecule has 7 heteroatoms. The van der Waals surface area contributed by atoms with Gasteiger partial charge in [-0.05, 0) is 18.2 Å². The average Bonchev–Trinajstić information content (AvgIpc) is 2.27. The number of benzene rings is 1. The van der Waals surface area contributed by atoms with E-state index < -0.39 is 17.4 Å². The number of hydrogen-bond acceptors (Lipinski definition) is 5. The van der Waals surface area contributed by atoms with Crippen molar-refractivity contribution in [2.75, 3.05) is 0 Å². The predicted octanol–water partition coefficient (Wildman–Crippen LogP) is 1.10. The Morgan fingerprint density at radius 1 is 1.41 bits per heavy atom. The van der Waals surface area contributed by atoms with Crippen molar-refractivity contribution in [2.45, 2.75) is 6.54 Å². The molecule has 2 aromatic rings. The minimum Gasteiger partial charge on any atom is -0.478 e. The third-order valence-electron chi connectivity index (χ3n) is 2.13. The van der Waals surface area contributed by atoms with E-state index in [1.54, 1.807) is 0 Å². The summed E-state index contributed by atoms with van der Waals surface area (Å²) >= 11 is 0. The number of nitro groups is 1. The van der Waals surface area contributed by atoms with Crippen LogP contribution in [0.5, 0.6) is 0 Å². The topological polar surface area (TPSA) is 106 Å². The fraction of sp³-hybridized carbons (Fsp3) is 0.100. The summed E-state index contributed by atoms with van der Waals surface area (Å²) in [6.07, 6.45) is 1.31. The monoisotopic (exact) mass is 233 g/mol. The van der Waals surface area contributed by atoms with Crippen LogP contribution >= 0.6 is 0 Å². The SMILES string of the molecule is O=C(O)c1ccc2ncc(C[N+](=O)[O-])nc2c1. The lowest BCUT2D eigenvalue weighted by molar-refractivity contribution is -0.497. The van der Waals surface area contributed by atoms with Gasteiger partial charge in [-0.15, -0.1) is 0 Å². The molecule has 1 N–H and O–H groups in total. The van der Waals surface area contributed by atoms with Crippen LogP contribution in [0.4, 0.5) is 0 Å². The lowest BCUT2D eigenvalue weighted by atomic mass is 10.2. The molecule has 1 aromatic carbocycles. The molecule has 0 atom stereocenters. The largest absolute Gasteiger partial charge is 0.478 e. The van der Waals surface area contributed by atoms with Crippen molar-refractivity contribution in [3.8, 4) is 0 Å². The first-order valence-electron chi connectivity index (χ1n) is 4.67. The second-order valence-electron chi connectivity index (χ2n) is 3.36.